The van der Waals surface area contributed by atoms with Crippen molar-refractivity contribution >= 4 is 11.9 Å². The van der Waals surface area contributed by atoms with Gasteiger partial charge in [0, 0.05) is 45.8 Å². The van der Waals surface area contributed by atoms with Crippen molar-refractivity contribution in [2.75, 3.05) is 52.4 Å². The molecule has 10 nitrogen and oxygen atoms in total. The fourth-order valence-electron chi connectivity index (χ4n) is 4.01. The lowest BCUT2D eigenvalue weighted by Gasteiger charge is -2.37. The van der Waals surface area contributed by atoms with Crippen LogP contribution in [-0.2, 0) is 11.3 Å². The number of rotatable bonds is 6. The first-order chi connectivity index (χ1) is 15.2. The molecule has 4 rings (SSSR count). The van der Waals surface area contributed by atoms with E-state index in [2.05, 4.69) is 37.2 Å². The molecular formula is C21H32N8O2. The van der Waals surface area contributed by atoms with Crippen molar-refractivity contribution in [3.05, 3.63) is 24.2 Å². The minimum absolute atomic E-state index is 0.270. The van der Waals surface area contributed by atoms with Gasteiger partial charge in [-0.05, 0) is 38.3 Å². The van der Waals surface area contributed by atoms with Crippen molar-refractivity contribution in [1.29, 1.82) is 0 Å². The van der Waals surface area contributed by atoms with E-state index in [0.717, 1.165) is 64.6 Å². The largest absolute Gasteiger partial charge is 0.461 e. The van der Waals surface area contributed by atoms with Gasteiger partial charge in [0.15, 0.2) is 11.7 Å². The van der Waals surface area contributed by atoms with E-state index in [1.807, 2.05) is 17.0 Å². The quantitative estimate of drug-likeness (QED) is 0.525. The third-order valence-electron chi connectivity index (χ3n) is 5.73. The van der Waals surface area contributed by atoms with Crippen LogP contribution in [0.3, 0.4) is 0 Å². The van der Waals surface area contributed by atoms with Gasteiger partial charge in [-0.15, -0.1) is 5.10 Å². The Hall–Kier alpha value is -2.88. The summed E-state index contributed by atoms with van der Waals surface area (Å²) in [6, 6.07) is 3.64. The molecule has 0 aromatic carbocycles. The van der Waals surface area contributed by atoms with Gasteiger partial charge in [0.2, 0.25) is 11.7 Å². The number of piperazine rings is 1. The summed E-state index contributed by atoms with van der Waals surface area (Å²) < 4.78 is 5.34. The molecule has 0 atom stereocenters. The molecule has 31 heavy (non-hydrogen) atoms. The van der Waals surface area contributed by atoms with Gasteiger partial charge in [0.05, 0.1) is 12.8 Å². The molecule has 0 saturated carbocycles. The van der Waals surface area contributed by atoms with Gasteiger partial charge in [-0.25, -0.2) is 9.98 Å². The van der Waals surface area contributed by atoms with Crippen molar-refractivity contribution in [3.8, 4) is 11.6 Å². The number of hydrogen-bond acceptors (Lipinski definition) is 6. The monoisotopic (exact) mass is 428 g/mol. The molecular weight excluding hydrogens is 396 g/mol. The number of hydrogen-bond donors (Lipinski definition) is 2. The number of aromatic nitrogens is 3. The van der Waals surface area contributed by atoms with Gasteiger partial charge in [0.25, 0.3) is 0 Å². The third-order valence-corrected chi connectivity index (χ3v) is 5.73. The highest BCUT2D eigenvalue weighted by Gasteiger charge is 2.24. The standard InChI is InChI=1S/C21H32N8O2/c1-2-22-21(23-15-18-24-20(26-25-18)17-7-6-14-31-17)29-12-10-27(11-13-29)16-19(30)28-8-4-3-5-9-28/h6-7,14H,2-5,8-13,15-16H2,1H3,(H,22,23)(H,24,25,26). The van der Waals surface area contributed by atoms with E-state index in [9.17, 15) is 4.79 Å². The Kier molecular flexibility index (Phi) is 7.18. The summed E-state index contributed by atoms with van der Waals surface area (Å²) in [4.78, 5) is 28.3. The zero-order chi connectivity index (χ0) is 21.5. The van der Waals surface area contributed by atoms with E-state index in [-0.39, 0.29) is 5.91 Å². The van der Waals surface area contributed by atoms with Crippen LogP contribution in [0.25, 0.3) is 11.6 Å². The molecule has 2 saturated heterocycles. The van der Waals surface area contributed by atoms with Gasteiger partial charge in [0.1, 0.15) is 12.4 Å². The van der Waals surface area contributed by atoms with Crippen molar-refractivity contribution in [2.24, 2.45) is 4.99 Å². The van der Waals surface area contributed by atoms with Crippen LogP contribution in [0.1, 0.15) is 32.0 Å². The molecule has 2 fully saturated rings. The number of guanidine groups is 1. The van der Waals surface area contributed by atoms with E-state index in [0.29, 0.717) is 30.5 Å². The molecule has 4 heterocycles. The Morgan fingerprint density at radius 2 is 1.97 bits per heavy atom. The van der Waals surface area contributed by atoms with Crippen molar-refractivity contribution in [2.45, 2.75) is 32.7 Å². The minimum Gasteiger partial charge on any atom is -0.461 e. The molecule has 2 N–H and O–H groups in total. The van der Waals surface area contributed by atoms with Gasteiger partial charge in [-0.3, -0.25) is 14.8 Å². The maximum atomic E-state index is 12.5. The fourth-order valence-corrected chi connectivity index (χ4v) is 4.01. The summed E-state index contributed by atoms with van der Waals surface area (Å²) in [5.74, 6) is 2.99. The minimum atomic E-state index is 0.270. The number of amides is 1. The molecule has 168 valence electrons. The van der Waals surface area contributed by atoms with Crippen LogP contribution in [0.4, 0.5) is 0 Å². The molecule has 2 aromatic heterocycles. The number of carbonyl (C=O) groups is 1. The summed E-state index contributed by atoms with van der Waals surface area (Å²) >= 11 is 0. The number of likely N-dealkylation sites (tertiary alicyclic amines) is 1. The third kappa shape index (κ3) is 5.63. The highest BCUT2D eigenvalue weighted by Crippen LogP contribution is 2.15. The summed E-state index contributed by atoms with van der Waals surface area (Å²) in [6.45, 7) is 9.01. The van der Waals surface area contributed by atoms with E-state index in [4.69, 9.17) is 9.41 Å². The Bertz CT molecular complexity index is 849. The number of nitrogens with zero attached hydrogens (tertiary/aromatic N) is 6. The molecule has 2 aromatic rings. The molecule has 0 spiro atoms. The topological polar surface area (TPSA) is 106 Å². The second kappa shape index (κ2) is 10.4. The van der Waals surface area contributed by atoms with Crippen LogP contribution in [0.2, 0.25) is 0 Å². The smallest absolute Gasteiger partial charge is 0.236 e. The predicted molar refractivity (Wildman–Crippen MR) is 117 cm³/mol. The summed E-state index contributed by atoms with van der Waals surface area (Å²) in [5.41, 5.74) is 0. The first kappa shape index (κ1) is 21.4. The average molecular weight is 429 g/mol. The lowest BCUT2D eigenvalue weighted by Crippen LogP contribution is -2.54. The number of furan rings is 1. The number of aliphatic imine (C=N–C) groups is 1. The Morgan fingerprint density at radius 1 is 1.16 bits per heavy atom. The van der Waals surface area contributed by atoms with E-state index < -0.39 is 0 Å². The Balaban J connectivity index is 1.29. The molecule has 2 aliphatic heterocycles. The molecule has 2 aliphatic rings. The van der Waals surface area contributed by atoms with Gasteiger partial charge in [-0.1, -0.05) is 0 Å². The maximum Gasteiger partial charge on any atom is 0.236 e. The number of H-pyrrole nitrogens is 1. The van der Waals surface area contributed by atoms with Crippen LogP contribution >= 0.6 is 0 Å². The highest BCUT2D eigenvalue weighted by atomic mass is 16.3. The van der Waals surface area contributed by atoms with E-state index >= 15 is 0 Å². The first-order valence-corrected chi connectivity index (χ1v) is 11.2. The van der Waals surface area contributed by atoms with Crippen LogP contribution in [0.15, 0.2) is 27.8 Å². The van der Waals surface area contributed by atoms with Gasteiger partial charge < -0.3 is 19.5 Å². The molecule has 0 aliphatic carbocycles. The number of carbonyl (C=O) groups excluding carboxylic acids is 1. The Labute approximate surface area is 182 Å². The average Bonchev–Trinajstić information content (AvgIpc) is 3.50. The molecule has 0 unspecified atom stereocenters. The molecule has 0 radical (unpaired) electrons. The van der Waals surface area contributed by atoms with E-state index in [1.165, 1.54) is 6.42 Å². The molecule has 10 heteroatoms. The zero-order valence-corrected chi connectivity index (χ0v) is 18.2. The van der Waals surface area contributed by atoms with Crippen LogP contribution < -0.4 is 5.32 Å². The first-order valence-electron chi connectivity index (χ1n) is 11.2. The lowest BCUT2D eigenvalue weighted by atomic mass is 10.1. The van der Waals surface area contributed by atoms with Crippen LogP contribution in [0.5, 0.6) is 0 Å². The molecule has 1 amide bonds. The summed E-state index contributed by atoms with van der Waals surface area (Å²) in [6.07, 6.45) is 5.12. The van der Waals surface area contributed by atoms with Crippen molar-refractivity contribution in [1.82, 2.24) is 35.2 Å². The SMILES string of the molecule is CCNC(=NCc1nc(-c2ccco2)n[nH]1)N1CCN(CC(=O)N2CCCCC2)CC1. The van der Waals surface area contributed by atoms with Crippen LogP contribution in [-0.4, -0.2) is 94.1 Å². The highest BCUT2D eigenvalue weighted by molar-refractivity contribution is 5.80. The maximum absolute atomic E-state index is 12.5. The number of piperidine rings is 1. The van der Waals surface area contributed by atoms with Crippen molar-refractivity contribution < 1.29 is 9.21 Å². The zero-order valence-electron chi connectivity index (χ0n) is 18.2. The van der Waals surface area contributed by atoms with Gasteiger partial charge in [-0.2, -0.15) is 0 Å². The lowest BCUT2D eigenvalue weighted by molar-refractivity contribution is -0.133. The van der Waals surface area contributed by atoms with Crippen molar-refractivity contribution in [3.63, 3.8) is 0 Å². The Morgan fingerprint density at radius 3 is 2.68 bits per heavy atom. The normalized spacial score (nSPS) is 18.4. The molecule has 0 bridgehead atoms. The number of aromatic amines is 1. The second-order valence-electron chi connectivity index (χ2n) is 7.96. The fraction of sp³-hybridized carbons (Fsp3) is 0.619. The predicted octanol–water partition coefficient (Wildman–Crippen LogP) is 1.16. The van der Waals surface area contributed by atoms with E-state index in [1.54, 1.807) is 6.26 Å². The summed E-state index contributed by atoms with van der Waals surface area (Å²) in [5, 5.41) is 10.5. The van der Waals surface area contributed by atoms with Crippen LogP contribution in [0, 0.1) is 0 Å². The van der Waals surface area contributed by atoms with Gasteiger partial charge >= 0.3 is 0 Å². The second-order valence-corrected chi connectivity index (χ2v) is 7.96. The number of nitrogens with one attached hydrogen (secondary N) is 2. The summed E-state index contributed by atoms with van der Waals surface area (Å²) in [7, 11) is 0.